The minimum absolute atomic E-state index is 0.0761. The first-order chi connectivity index (χ1) is 20.8. The molecule has 0 spiro atoms. The second kappa shape index (κ2) is 12.5. The number of rotatable bonds is 9. The van der Waals surface area contributed by atoms with Crippen molar-refractivity contribution in [1.29, 1.82) is 5.26 Å². The van der Waals surface area contributed by atoms with Gasteiger partial charge in [0.1, 0.15) is 35.6 Å². The number of nitriles is 1. The molecule has 0 saturated heterocycles. The molecule has 4 aromatic carbocycles. The van der Waals surface area contributed by atoms with Gasteiger partial charge in [-0.25, -0.2) is 13.6 Å². The highest BCUT2D eigenvalue weighted by molar-refractivity contribution is 5.77. The lowest BCUT2D eigenvalue weighted by atomic mass is 9.83. The average molecular weight is 585 g/mol. The van der Waals surface area contributed by atoms with Gasteiger partial charge in [-0.3, -0.25) is 0 Å². The fourth-order valence-electron chi connectivity index (χ4n) is 4.54. The van der Waals surface area contributed by atoms with Gasteiger partial charge in [-0.1, -0.05) is 36.4 Å². The van der Waals surface area contributed by atoms with Gasteiger partial charge in [0.2, 0.25) is 5.88 Å². The van der Waals surface area contributed by atoms with E-state index in [0.29, 0.717) is 22.6 Å². The van der Waals surface area contributed by atoms with E-state index in [1.807, 2.05) is 0 Å². The van der Waals surface area contributed by atoms with Crippen molar-refractivity contribution in [2.75, 3.05) is 7.11 Å². The number of hydrogen-bond acceptors (Lipinski definition) is 8. The highest BCUT2D eigenvalue weighted by Crippen LogP contribution is 2.45. The zero-order valence-electron chi connectivity index (χ0n) is 23.2. The number of esters is 1. The fraction of sp³-hybridized carbons (Fsp3) is 0.152. The van der Waals surface area contributed by atoms with E-state index >= 15 is 0 Å². The summed E-state index contributed by atoms with van der Waals surface area (Å²) in [6.45, 7) is 1.64. The third kappa shape index (κ3) is 6.36. The molecule has 8 nitrogen and oxygen atoms in total. The summed E-state index contributed by atoms with van der Waals surface area (Å²) in [6, 6.07) is 23.8. The van der Waals surface area contributed by atoms with Crippen LogP contribution in [0.2, 0.25) is 0 Å². The molecular formula is C33H26F2N2O6. The van der Waals surface area contributed by atoms with Gasteiger partial charge in [0.05, 0.1) is 13.0 Å². The van der Waals surface area contributed by atoms with Gasteiger partial charge < -0.3 is 29.4 Å². The molecule has 1 heterocycles. The Bertz CT molecular complexity index is 1730. The van der Waals surface area contributed by atoms with E-state index in [2.05, 4.69) is 6.07 Å². The van der Waals surface area contributed by atoms with Gasteiger partial charge in [-0.15, -0.1) is 0 Å². The van der Waals surface area contributed by atoms with Crippen molar-refractivity contribution in [2.24, 2.45) is 5.73 Å². The molecule has 2 unspecified atom stereocenters. The third-order valence-corrected chi connectivity index (χ3v) is 6.71. The predicted octanol–water partition coefficient (Wildman–Crippen LogP) is 6.14. The van der Waals surface area contributed by atoms with Crippen LogP contribution in [-0.2, 0) is 11.4 Å². The van der Waals surface area contributed by atoms with Crippen molar-refractivity contribution in [3.05, 3.63) is 125 Å². The van der Waals surface area contributed by atoms with E-state index in [-0.39, 0.29) is 41.1 Å². The number of ether oxygens (including phenoxy) is 5. The molecule has 0 amide bonds. The van der Waals surface area contributed by atoms with E-state index in [9.17, 15) is 18.8 Å². The van der Waals surface area contributed by atoms with Crippen molar-refractivity contribution in [2.45, 2.75) is 25.6 Å². The van der Waals surface area contributed by atoms with Crippen LogP contribution < -0.4 is 29.4 Å². The third-order valence-electron chi connectivity index (χ3n) is 6.71. The van der Waals surface area contributed by atoms with Crippen LogP contribution in [0.25, 0.3) is 0 Å². The number of allylic oxidation sites excluding steroid dienone is 1. The molecule has 2 atom stereocenters. The molecule has 10 heteroatoms. The Morgan fingerprint density at radius 1 is 1.00 bits per heavy atom. The summed E-state index contributed by atoms with van der Waals surface area (Å²) in [5.74, 6) is -1.20. The molecule has 2 N–H and O–H groups in total. The number of carbonyl (C=O) groups is 1. The minimum Gasteiger partial charge on any atom is -0.493 e. The number of carbonyl (C=O) groups excluding carboxylic acids is 1. The van der Waals surface area contributed by atoms with Crippen LogP contribution in [-0.4, -0.2) is 19.2 Å². The van der Waals surface area contributed by atoms with Gasteiger partial charge in [-0.2, -0.15) is 5.26 Å². The van der Waals surface area contributed by atoms with Crippen molar-refractivity contribution < 1.29 is 37.3 Å². The zero-order valence-corrected chi connectivity index (χ0v) is 23.2. The number of benzene rings is 4. The zero-order chi connectivity index (χ0) is 30.5. The first kappa shape index (κ1) is 29.0. The standard InChI is InChI=1S/C33H26F2N2O6/c1-19(41-27-6-4-3-5-26(27)35)33(38)42-23-12-13-24-29(16-23)43-32(37)25(17-36)31(24)21-9-14-28(30(15-21)39-2)40-18-20-7-10-22(34)11-8-20/h3-16,19,31H,18,37H2,1-2H3. The molecule has 1 aliphatic heterocycles. The molecule has 0 aliphatic carbocycles. The van der Waals surface area contributed by atoms with Crippen molar-refractivity contribution in [3.8, 4) is 34.8 Å². The first-order valence-electron chi connectivity index (χ1n) is 13.2. The van der Waals surface area contributed by atoms with Crippen LogP contribution in [0.1, 0.15) is 29.5 Å². The van der Waals surface area contributed by atoms with E-state index in [1.165, 1.54) is 50.4 Å². The maximum Gasteiger partial charge on any atom is 0.352 e. The van der Waals surface area contributed by atoms with Gasteiger partial charge in [0.15, 0.2) is 29.2 Å². The molecule has 43 heavy (non-hydrogen) atoms. The molecule has 218 valence electrons. The molecular weight excluding hydrogens is 558 g/mol. The highest BCUT2D eigenvalue weighted by Gasteiger charge is 2.32. The number of halogens is 2. The van der Waals surface area contributed by atoms with Crippen molar-refractivity contribution >= 4 is 5.97 Å². The minimum atomic E-state index is -1.10. The number of nitrogens with two attached hydrogens (primary N) is 1. The summed E-state index contributed by atoms with van der Waals surface area (Å²) in [5.41, 5.74) is 8.38. The second-order valence-corrected chi connectivity index (χ2v) is 9.56. The van der Waals surface area contributed by atoms with Gasteiger partial charge in [0.25, 0.3) is 0 Å². The number of methoxy groups -OCH3 is 1. The number of fused-ring (bicyclic) bond motifs is 1. The van der Waals surface area contributed by atoms with Crippen LogP contribution in [0.3, 0.4) is 0 Å². The average Bonchev–Trinajstić information content (AvgIpc) is 3.01. The Morgan fingerprint density at radius 2 is 1.77 bits per heavy atom. The SMILES string of the molecule is COc1cc(C2C(C#N)=C(N)Oc3cc(OC(=O)C(C)Oc4ccccc4F)ccc32)ccc1OCc1ccc(F)cc1. The molecule has 0 bridgehead atoms. The van der Waals surface area contributed by atoms with E-state index in [4.69, 9.17) is 29.4 Å². The predicted molar refractivity (Wildman–Crippen MR) is 152 cm³/mol. The van der Waals surface area contributed by atoms with Gasteiger partial charge >= 0.3 is 5.97 Å². The van der Waals surface area contributed by atoms with Crippen molar-refractivity contribution in [1.82, 2.24) is 0 Å². The van der Waals surface area contributed by atoms with Crippen LogP contribution in [0.15, 0.2) is 96.4 Å². The summed E-state index contributed by atoms with van der Waals surface area (Å²) < 4.78 is 55.2. The van der Waals surface area contributed by atoms with Gasteiger partial charge in [-0.05, 0) is 60.5 Å². The monoisotopic (exact) mass is 584 g/mol. The summed E-state index contributed by atoms with van der Waals surface area (Å²) in [5, 5.41) is 9.94. The topological polar surface area (TPSA) is 113 Å². The Kier molecular flexibility index (Phi) is 8.44. The van der Waals surface area contributed by atoms with Gasteiger partial charge in [0, 0.05) is 11.6 Å². The summed E-state index contributed by atoms with van der Waals surface area (Å²) in [6.07, 6.45) is -1.10. The Balaban J connectivity index is 1.37. The molecule has 4 aromatic rings. The van der Waals surface area contributed by atoms with E-state index in [0.717, 1.165) is 5.56 Å². The maximum absolute atomic E-state index is 13.9. The van der Waals surface area contributed by atoms with E-state index < -0.39 is 23.8 Å². The second-order valence-electron chi connectivity index (χ2n) is 9.56. The quantitative estimate of drug-likeness (QED) is 0.184. The Labute approximate surface area is 246 Å². The normalized spacial score (nSPS) is 14.5. The lowest BCUT2D eigenvalue weighted by Crippen LogP contribution is -2.29. The van der Waals surface area contributed by atoms with Crippen molar-refractivity contribution in [3.63, 3.8) is 0 Å². The highest BCUT2D eigenvalue weighted by atomic mass is 19.1. The molecule has 0 aromatic heterocycles. The smallest absolute Gasteiger partial charge is 0.352 e. The van der Waals surface area contributed by atoms with Crippen LogP contribution in [0.4, 0.5) is 8.78 Å². The lowest BCUT2D eigenvalue weighted by Gasteiger charge is -2.27. The van der Waals surface area contributed by atoms with Crippen LogP contribution in [0.5, 0.6) is 28.7 Å². The fourth-order valence-corrected chi connectivity index (χ4v) is 4.54. The first-order valence-corrected chi connectivity index (χ1v) is 13.2. The largest absolute Gasteiger partial charge is 0.493 e. The van der Waals surface area contributed by atoms with E-state index in [1.54, 1.807) is 48.5 Å². The lowest BCUT2D eigenvalue weighted by molar-refractivity contribution is -0.141. The molecule has 0 fully saturated rings. The van der Waals surface area contributed by atoms with Crippen LogP contribution in [0, 0.1) is 23.0 Å². The number of hydrogen-bond donors (Lipinski definition) is 1. The molecule has 1 aliphatic rings. The molecule has 0 saturated carbocycles. The maximum atomic E-state index is 13.9. The van der Waals surface area contributed by atoms with Crippen LogP contribution >= 0.6 is 0 Å². The Morgan fingerprint density at radius 3 is 2.49 bits per heavy atom. The summed E-state index contributed by atoms with van der Waals surface area (Å²) in [7, 11) is 1.49. The number of para-hydroxylation sites is 1. The summed E-state index contributed by atoms with van der Waals surface area (Å²) >= 11 is 0. The summed E-state index contributed by atoms with van der Waals surface area (Å²) in [4.78, 5) is 12.7. The molecule has 0 radical (unpaired) electrons. The molecule has 5 rings (SSSR count). The Hall–Kier alpha value is -5.56. The number of nitrogens with zero attached hydrogens (tertiary/aromatic N) is 1.